The van der Waals surface area contributed by atoms with E-state index in [9.17, 15) is 4.79 Å². The Morgan fingerprint density at radius 1 is 1.00 bits per heavy atom. The first kappa shape index (κ1) is 19.2. The fraction of sp³-hybridized carbons (Fsp3) is 0.278. The number of rotatable bonds is 8. The summed E-state index contributed by atoms with van der Waals surface area (Å²) >= 11 is 11.9. The zero-order valence-corrected chi connectivity index (χ0v) is 15.5. The molecule has 0 unspecified atom stereocenters. The van der Waals surface area contributed by atoms with Crippen molar-refractivity contribution in [2.45, 2.75) is 6.42 Å². The number of hydrogen-bond donors (Lipinski definition) is 1. The molecule has 0 heterocycles. The number of hydrogen-bond acceptors (Lipinski definition) is 4. The van der Waals surface area contributed by atoms with Gasteiger partial charge in [-0.3, -0.25) is 4.79 Å². The highest BCUT2D eigenvalue weighted by Gasteiger charge is 2.08. The summed E-state index contributed by atoms with van der Waals surface area (Å²) in [6, 6.07) is 10.5. The average Bonchev–Trinajstić information content (AvgIpc) is 2.62. The van der Waals surface area contributed by atoms with E-state index in [1.807, 2.05) is 18.2 Å². The predicted octanol–water partition coefficient (Wildman–Crippen LogP) is 3.75. The Balaban J connectivity index is 1.79. The van der Waals surface area contributed by atoms with Crippen LogP contribution >= 0.6 is 23.2 Å². The van der Waals surface area contributed by atoms with Crippen LogP contribution in [0.15, 0.2) is 36.4 Å². The van der Waals surface area contributed by atoms with Crippen molar-refractivity contribution in [1.29, 1.82) is 0 Å². The average molecular weight is 384 g/mol. The summed E-state index contributed by atoms with van der Waals surface area (Å²) < 4.78 is 15.8. The molecule has 0 spiro atoms. The summed E-state index contributed by atoms with van der Waals surface area (Å²) in [6.45, 7) is 0.340. The summed E-state index contributed by atoms with van der Waals surface area (Å²) in [4.78, 5) is 11.9. The van der Waals surface area contributed by atoms with Crippen LogP contribution in [0.5, 0.6) is 17.2 Å². The number of benzene rings is 2. The normalized spacial score (nSPS) is 10.2. The van der Waals surface area contributed by atoms with E-state index in [0.717, 1.165) is 5.56 Å². The van der Waals surface area contributed by atoms with Gasteiger partial charge in [-0.25, -0.2) is 0 Å². The van der Waals surface area contributed by atoms with Crippen LogP contribution in [-0.2, 0) is 11.2 Å². The number of ether oxygens (including phenoxy) is 3. The lowest BCUT2D eigenvalue weighted by Gasteiger charge is -2.11. The van der Waals surface area contributed by atoms with E-state index in [0.29, 0.717) is 40.3 Å². The summed E-state index contributed by atoms with van der Waals surface area (Å²) in [5, 5.41) is 3.69. The van der Waals surface area contributed by atoms with Gasteiger partial charge in [0.15, 0.2) is 18.1 Å². The van der Waals surface area contributed by atoms with E-state index < -0.39 is 0 Å². The van der Waals surface area contributed by atoms with E-state index in [4.69, 9.17) is 37.4 Å². The number of nitrogens with one attached hydrogen (secondary N) is 1. The van der Waals surface area contributed by atoms with Crippen molar-refractivity contribution in [3.8, 4) is 17.2 Å². The molecule has 0 aromatic heterocycles. The predicted molar refractivity (Wildman–Crippen MR) is 98.2 cm³/mol. The van der Waals surface area contributed by atoms with Crippen LogP contribution in [0.25, 0.3) is 0 Å². The molecule has 0 aliphatic heterocycles. The van der Waals surface area contributed by atoms with Gasteiger partial charge in [0, 0.05) is 17.6 Å². The van der Waals surface area contributed by atoms with Gasteiger partial charge < -0.3 is 19.5 Å². The zero-order valence-electron chi connectivity index (χ0n) is 14.0. The van der Waals surface area contributed by atoms with Crippen molar-refractivity contribution >= 4 is 29.1 Å². The first-order valence-corrected chi connectivity index (χ1v) is 8.34. The van der Waals surface area contributed by atoms with Crippen molar-refractivity contribution in [3.63, 3.8) is 0 Å². The molecule has 1 N–H and O–H groups in total. The van der Waals surface area contributed by atoms with Crippen LogP contribution in [0, 0.1) is 0 Å². The van der Waals surface area contributed by atoms with Gasteiger partial charge in [0.05, 0.1) is 19.2 Å². The Bertz CT molecular complexity index is 737. The Morgan fingerprint density at radius 3 is 2.48 bits per heavy atom. The molecule has 0 atom stereocenters. The second kappa shape index (κ2) is 9.39. The van der Waals surface area contributed by atoms with Crippen molar-refractivity contribution in [3.05, 3.63) is 52.0 Å². The summed E-state index contributed by atoms with van der Waals surface area (Å²) in [6.07, 6.45) is 0.657. The van der Waals surface area contributed by atoms with Gasteiger partial charge in [0.1, 0.15) is 5.75 Å². The topological polar surface area (TPSA) is 56.8 Å². The van der Waals surface area contributed by atoms with E-state index in [1.54, 1.807) is 32.4 Å². The number of methoxy groups -OCH3 is 2. The third-order valence-electron chi connectivity index (χ3n) is 3.44. The number of carbonyl (C=O) groups is 1. The van der Waals surface area contributed by atoms with Crippen molar-refractivity contribution in [1.82, 2.24) is 5.32 Å². The van der Waals surface area contributed by atoms with Crippen LogP contribution in [-0.4, -0.2) is 33.3 Å². The lowest BCUT2D eigenvalue weighted by molar-refractivity contribution is -0.123. The van der Waals surface area contributed by atoms with Crippen molar-refractivity contribution in [2.24, 2.45) is 0 Å². The third-order valence-corrected chi connectivity index (χ3v) is 3.98. The molecule has 1 amide bonds. The van der Waals surface area contributed by atoms with Gasteiger partial charge in [0.2, 0.25) is 0 Å². The molecule has 0 saturated heterocycles. The highest BCUT2D eigenvalue weighted by molar-refractivity contribution is 6.34. The van der Waals surface area contributed by atoms with Crippen molar-refractivity contribution < 1.29 is 19.0 Å². The molecule has 0 aliphatic rings. The molecule has 0 saturated carbocycles. The van der Waals surface area contributed by atoms with Gasteiger partial charge >= 0.3 is 0 Å². The summed E-state index contributed by atoms with van der Waals surface area (Å²) in [5.41, 5.74) is 1.02. The maximum atomic E-state index is 11.9. The third kappa shape index (κ3) is 5.73. The number of amides is 1. The second-order valence-corrected chi connectivity index (χ2v) is 6.00. The fourth-order valence-electron chi connectivity index (χ4n) is 2.16. The maximum Gasteiger partial charge on any atom is 0.257 e. The SMILES string of the molecule is COc1ccc(CCNC(=O)COc2cc(Cl)ccc2Cl)cc1OC. The molecule has 5 nitrogen and oxygen atoms in total. The zero-order chi connectivity index (χ0) is 18.2. The molecule has 25 heavy (non-hydrogen) atoms. The molecule has 0 radical (unpaired) electrons. The molecule has 0 bridgehead atoms. The van der Waals surface area contributed by atoms with E-state index in [1.165, 1.54) is 0 Å². The highest BCUT2D eigenvalue weighted by Crippen LogP contribution is 2.28. The lowest BCUT2D eigenvalue weighted by atomic mass is 10.1. The van der Waals surface area contributed by atoms with Gasteiger partial charge in [-0.2, -0.15) is 0 Å². The minimum absolute atomic E-state index is 0.133. The van der Waals surface area contributed by atoms with E-state index in [-0.39, 0.29) is 12.5 Å². The Labute approximate surface area is 156 Å². The van der Waals surface area contributed by atoms with Crippen LogP contribution in [0.1, 0.15) is 5.56 Å². The van der Waals surface area contributed by atoms with Gasteiger partial charge in [-0.15, -0.1) is 0 Å². The Morgan fingerprint density at radius 2 is 1.76 bits per heavy atom. The minimum atomic E-state index is -0.239. The van der Waals surface area contributed by atoms with Gasteiger partial charge in [-0.1, -0.05) is 29.3 Å². The monoisotopic (exact) mass is 383 g/mol. The number of carbonyl (C=O) groups excluding carboxylic acids is 1. The minimum Gasteiger partial charge on any atom is -0.493 e. The first-order chi connectivity index (χ1) is 12.0. The lowest BCUT2D eigenvalue weighted by Crippen LogP contribution is -2.30. The Hall–Kier alpha value is -2.11. The second-order valence-electron chi connectivity index (χ2n) is 5.15. The Kier molecular flexibility index (Phi) is 7.22. The van der Waals surface area contributed by atoms with Gasteiger partial charge in [0.25, 0.3) is 5.91 Å². The summed E-state index contributed by atoms with van der Waals surface area (Å²) in [5.74, 6) is 1.47. The largest absolute Gasteiger partial charge is 0.493 e. The number of halogens is 2. The van der Waals surface area contributed by atoms with Crippen LogP contribution in [0.4, 0.5) is 0 Å². The quantitative estimate of drug-likeness (QED) is 0.753. The fourth-order valence-corrected chi connectivity index (χ4v) is 2.50. The van der Waals surface area contributed by atoms with E-state index >= 15 is 0 Å². The van der Waals surface area contributed by atoms with Gasteiger partial charge in [-0.05, 0) is 36.2 Å². The highest BCUT2D eigenvalue weighted by atomic mass is 35.5. The molecule has 134 valence electrons. The smallest absolute Gasteiger partial charge is 0.257 e. The molecule has 2 aromatic carbocycles. The summed E-state index contributed by atoms with van der Waals surface area (Å²) in [7, 11) is 3.17. The standard InChI is InChI=1S/C18H19Cl2NO4/c1-23-15-6-3-12(9-17(15)24-2)7-8-21-18(22)11-25-16-10-13(19)4-5-14(16)20/h3-6,9-10H,7-8,11H2,1-2H3,(H,21,22). The molecule has 2 aromatic rings. The van der Waals surface area contributed by atoms with Crippen molar-refractivity contribution in [2.75, 3.05) is 27.4 Å². The van der Waals surface area contributed by atoms with E-state index in [2.05, 4.69) is 5.32 Å². The molecule has 0 aliphatic carbocycles. The molecular weight excluding hydrogens is 365 g/mol. The van der Waals surface area contributed by atoms with Crippen LogP contribution in [0.2, 0.25) is 10.0 Å². The molecular formula is C18H19Cl2NO4. The molecule has 7 heteroatoms. The molecule has 0 fully saturated rings. The molecule has 2 rings (SSSR count). The van der Waals surface area contributed by atoms with Crippen LogP contribution < -0.4 is 19.5 Å². The maximum absolute atomic E-state index is 11.9. The van der Waals surface area contributed by atoms with Crippen LogP contribution in [0.3, 0.4) is 0 Å². The first-order valence-electron chi connectivity index (χ1n) is 7.59.